The van der Waals surface area contributed by atoms with Gasteiger partial charge in [0, 0.05) is 32.1 Å². The van der Waals surface area contributed by atoms with Crippen molar-refractivity contribution < 1.29 is 14.6 Å². The van der Waals surface area contributed by atoms with Gasteiger partial charge in [0.2, 0.25) is 0 Å². The van der Waals surface area contributed by atoms with Gasteiger partial charge < -0.3 is 25.2 Å². The lowest BCUT2D eigenvalue weighted by Crippen LogP contribution is -2.30. The minimum absolute atomic E-state index is 0.248. The Labute approximate surface area is 126 Å². The number of benzene rings is 1. The molecule has 0 spiro atoms. The number of aliphatic hydroxyl groups is 1. The maximum Gasteiger partial charge on any atom is 0.161 e. The molecule has 1 heterocycles. The fourth-order valence-corrected chi connectivity index (χ4v) is 2.42. The van der Waals surface area contributed by atoms with Crippen molar-refractivity contribution in [2.75, 3.05) is 33.4 Å². The summed E-state index contributed by atoms with van der Waals surface area (Å²) in [5.41, 5.74) is 1.12. The zero-order chi connectivity index (χ0) is 15.1. The zero-order valence-electron chi connectivity index (χ0n) is 12.5. The van der Waals surface area contributed by atoms with Gasteiger partial charge in [-0.25, -0.2) is 0 Å². The summed E-state index contributed by atoms with van der Waals surface area (Å²) in [6.45, 7) is 7.18. The molecule has 2 unspecified atom stereocenters. The Kier molecular flexibility index (Phi) is 6.04. The molecule has 0 aliphatic carbocycles. The molecule has 0 bridgehead atoms. The van der Waals surface area contributed by atoms with Crippen LogP contribution >= 0.6 is 0 Å². The van der Waals surface area contributed by atoms with E-state index >= 15 is 0 Å². The topological polar surface area (TPSA) is 62.8 Å². The number of hydrogen-bond donors (Lipinski definition) is 3. The molecule has 2 atom stereocenters. The van der Waals surface area contributed by atoms with Crippen molar-refractivity contribution in [3.8, 4) is 11.5 Å². The third-order valence-electron chi connectivity index (χ3n) is 3.62. The van der Waals surface area contributed by atoms with Gasteiger partial charge in [-0.2, -0.15) is 0 Å². The SMILES string of the molecule is C=CCOc1ccc(CNCC2CNCC2O)cc1OC. The summed E-state index contributed by atoms with van der Waals surface area (Å²) < 4.78 is 10.9. The highest BCUT2D eigenvalue weighted by atomic mass is 16.5. The van der Waals surface area contributed by atoms with Crippen LogP contribution in [0.3, 0.4) is 0 Å². The number of aliphatic hydroxyl groups excluding tert-OH is 1. The Balaban J connectivity index is 1.86. The summed E-state index contributed by atoms with van der Waals surface area (Å²) in [7, 11) is 1.63. The minimum Gasteiger partial charge on any atom is -0.493 e. The normalized spacial score (nSPS) is 21.2. The van der Waals surface area contributed by atoms with Crippen LogP contribution < -0.4 is 20.1 Å². The van der Waals surface area contributed by atoms with Crippen LogP contribution in [0.4, 0.5) is 0 Å². The van der Waals surface area contributed by atoms with Crippen molar-refractivity contribution in [1.29, 1.82) is 0 Å². The van der Waals surface area contributed by atoms with E-state index in [0.717, 1.165) is 36.7 Å². The van der Waals surface area contributed by atoms with Crippen molar-refractivity contribution in [1.82, 2.24) is 10.6 Å². The molecule has 1 fully saturated rings. The van der Waals surface area contributed by atoms with Crippen LogP contribution in [0.1, 0.15) is 5.56 Å². The predicted molar refractivity (Wildman–Crippen MR) is 82.8 cm³/mol. The van der Waals surface area contributed by atoms with Gasteiger partial charge in [0.25, 0.3) is 0 Å². The van der Waals surface area contributed by atoms with Crippen LogP contribution in [-0.4, -0.2) is 44.6 Å². The smallest absolute Gasteiger partial charge is 0.161 e. The predicted octanol–water partition coefficient (Wildman–Crippen LogP) is 0.930. The first-order valence-electron chi connectivity index (χ1n) is 7.24. The first kappa shape index (κ1) is 15.8. The summed E-state index contributed by atoms with van der Waals surface area (Å²) >= 11 is 0. The molecular formula is C16H24N2O3. The highest BCUT2D eigenvalue weighted by molar-refractivity contribution is 5.43. The summed E-state index contributed by atoms with van der Waals surface area (Å²) in [6.07, 6.45) is 1.46. The number of β-amino-alcohol motifs (C(OH)–C–C–N with tert-alkyl or cyclic N) is 1. The van der Waals surface area contributed by atoms with Gasteiger partial charge in [0.05, 0.1) is 13.2 Å². The van der Waals surface area contributed by atoms with E-state index in [2.05, 4.69) is 17.2 Å². The highest BCUT2D eigenvalue weighted by Crippen LogP contribution is 2.28. The van der Waals surface area contributed by atoms with Crippen molar-refractivity contribution in [3.05, 3.63) is 36.4 Å². The van der Waals surface area contributed by atoms with Gasteiger partial charge in [0.15, 0.2) is 11.5 Å². The molecule has 2 rings (SSSR count). The van der Waals surface area contributed by atoms with Crippen LogP contribution in [0.25, 0.3) is 0 Å². The lowest BCUT2D eigenvalue weighted by molar-refractivity contribution is 0.146. The van der Waals surface area contributed by atoms with Crippen molar-refractivity contribution in [2.45, 2.75) is 12.6 Å². The lowest BCUT2D eigenvalue weighted by Gasteiger charge is -2.15. The molecule has 1 aliphatic heterocycles. The largest absolute Gasteiger partial charge is 0.493 e. The molecule has 1 aliphatic rings. The molecule has 5 nitrogen and oxygen atoms in total. The van der Waals surface area contributed by atoms with Crippen LogP contribution in [0.2, 0.25) is 0 Å². The third-order valence-corrected chi connectivity index (χ3v) is 3.62. The van der Waals surface area contributed by atoms with Gasteiger partial charge in [-0.15, -0.1) is 0 Å². The second-order valence-electron chi connectivity index (χ2n) is 5.20. The molecule has 1 aromatic carbocycles. The number of rotatable bonds is 8. The van der Waals surface area contributed by atoms with Crippen molar-refractivity contribution in [2.24, 2.45) is 5.92 Å². The van der Waals surface area contributed by atoms with E-state index in [1.165, 1.54) is 0 Å². The standard InChI is InChI=1S/C16H24N2O3/c1-3-6-21-15-5-4-12(7-16(15)20-2)8-17-9-13-10-18-11-14(13)19/h3-5,7,13-14,17-19H,1,6,8-11H2,2H3. The monoisotopic (exact) mass is 292 g/mol. The Bertz CT molecular complexity index is 465. The summed E-state index contributed by atoms with van der Waals surface area (Å²) in [5, 5.41) is 16.3. The van der Waals surface area contributed by atoms with Gasteiger partial charge in [-0.05, 0) is 17.7 Å². The first-order chi connectivity index (χ1) is 10.2. The third kappa shape index (κ3) is 4.46. The molecule has 1 saturated heterocycles. The number of methoxy groups -OCH3 is 1. The average molecular weight is 292 g/mol. The van der Waals surface area contributed by atoms with Gasteiger partial charge in [-0.1, -0.05) is 18.7 Å². The zero-order valence-corrected chi connectivity index (χ0v) is 12.5. The summed E-state index contributed by atoms with van der Waals surface area (Å²) in [4.78, 5) is 0. The molecular weight excluding hydrogens is 268 g/mol. The number of hydrogen-bond acceptors (Lipinski definition) is 5. The molecule has 0 saturated carbocycles. The molecule has 1 aromatic rings. The molecule has 5 heteroatoms. The second-order valence-corrected chi connectivity index (χ2v) is 5.20. The average Bonchev–Trinajstić information content (AvgIpc) is 2.91. The van der Waals surface area contributed by atoms with Gasteiger partial charge in [-0.3, -0.25) is 0 Å². The van der Waals surface area contributed by atoms with E-state index in [-0.39, 0.29) is 12.0 Å². The second kappa shape index (κ2) is 8.02. The van der Waals surface area contributed by atoms with Crippen LogP contribution in [0.5, 0.6) is 11.5 Å². The number of nitrogens with one attached hydrogen (secondary N) is 2. The molecule has 3 N–H and O–H groups in total. The van der Waals surface area contributed by atoms with E-state index in [1.54, 1.807) is 13.2 Å². The van der Waals surface area contributed by atoms with Crippen LogP contribution in [0, 0.1) is 5.92 Å². The van der Waals surface area contributed by atoms with Crippen molar-refractivity contribution >= 4 is 0 Å². The minimum atomic E-state index is -0.248. The van der Waals surface area contributed by atoms with E-state index in [9.17, 15) is 5.11 Å². The fraction of sp³-hybridized carbons (Fsp3) is 0.500. The number of ether oxygens (including phenoxy) is 2. The molecule has 0 radical (unpaired) electrons. The Morgan fingerprint density at radius 1 is 1.43 bits per heavy atom. The molecule has 0 amide bonds. The maximum absolute atomic E-state index is 9.74. The van der Waals surface area contributed by atoms with Gasteiger partial charge in [0.1, 0.15) is 6.61 Å². The van der Waals surface area contributed by atoms with Crippen LogP contribution in [0.15, 0.2) is 30.9 Å². The van der Waals surface area contributed by atoms with Crippen molar-refractivity contribution in [3.63, 3.8) is 0 Å². The van der Waals surface area contributed by atoms with E-state index in [1.807, 2.05) is 18.2 Å². The Morgan fingerprint density at radius 2 is 2.29 bits per heavy atom. The van der Waals surface area contributed by atoms with Gasteiger partial charge >= 0.3 is 0 Å². The highest BCUT2D eigenvalue weighted by Gasteiger charge is 2.24. The maximum atomic E-state index is 9.74. The van der Waals surface area contributed by atoms with E-state index in [4.69, 9.17) is 9.47 Å². The Hall–Kier alpha value is -1.56. The van der Waals surface area contributed by atoms with Crippen LogP contribution in [-0.2, 0) is 6.54 Å². The molecule has 0 aromatic heterocycles. The Morgan fingerprint density at radius 3 is 2.95 bits per heavy atom. The lowest BCUT2D eigenvalue weighted by atomic mass is 10.1. The summed E-state index contributed by atoms with van der Waals surface area (Å²) in [6, 6.07) is 5.89. The quantitative estimate of drug-likeness (QED) is 0.622. The fourth-order valence-electron chi connectivity index (χ4n) is 2.42. The first-order valence-corrected chi connectivity index (χ1v) is 7.24. The van der Waals surface area contributed by atoms with E-state index in [0.29, 0.717) is 13.2 Å². The summed E-state index contributed by atoms with van der Waals surface area (Å²) in [5.74, 6) is 1.72. The molecule has 21 heavy (non-hydrogen) atoms. The molecule has 116 valence electrons. The van der Waals surface area contributed by atoms with E-state index < -0.39 is 0 Å².